The van der Waals surface area contributed by atoms with E-state index >= 15 is 0 Å². The molecule has 0 radical (unpaired) electrons. The summed E-state index contributed by atoms with van der Waals surface area (Å²) < 4.78 is 5.60. The topological polar surface area (TPSA) is 13.1 Å². The van der Waals surface area contributed by atoms with E-state index in [2.05, 4.69) is 31.2 Å². The molecule has 0 spiro atoms. The second kappa shape index (κ2) is 5.01. The van der Waals surface area contributed by atoms with E-state index in [1.54, 1.807) is 0 Å². The summed E-state index contributed by atoms with van der Waals surface area (Å²) in [7, 11) is 0. The summed E-state index contributed by atoms with van der Waals surface area (Å²) >= 11 is 0. The summed E-state index contributed by atoms with van der Waals surface area (Å²) in [4.78, 5) is 0. The third kappa shape index (κ3) is 2.41. The Balaban J connectivity index is 2.02. The normalized spacial score (nSPS) is 11.0. The minimum atomic E-state index is 1.08. The van der Waals surface area contributed by atoms with Gasteiger partial charge < -0.3 is 4.42 Å². The van der Waals surface area contributed by atoms with Crippen molar-refractivity contribution >= 4 is 10.8 Å². The Morgan fingerprint density at radius 2 is 1.93 bits per heavy atom. The number of benzene rings is 1. The quantitative estimate of drug-likeness (QED) is 0.648. The van der Waals surface area contributed by atoms with Crippen molar-refractivity contribution in [3.8, 4) is 0 Å². The van der Waals surface area contributed by atoms with Crippen LogP contribution in [-0.4, -0.2) is 0 Å². The van der Waals surface area contributed by atoms with Crippen LogP contribution < -0.4 is 0 Å². The Morgan fingerprint density at radius 3 is 2.80 bits per heavy atom. The molecule has 0 fully saturated rings. The molecule has 0 aliphatic rings. The van der Waals surface area contributed by atoms with Crippen LogP contribution in [0.3, 0.4) is 0 Å². The van der Waals surface area contributed by atoms with Crippen LogP contribution >= 0.6 is 0 Å². The first-order chi connectivity index (χ1) is 7.42. The van der Waals surface area contributed by atoms with E-state index < -0.39 is 0 Å². The summed E-state index contributed by atoms with van der Waals surface area (Å²) in [5, 5.41) is 2.51. The lowest BCUT2D eigenvalue weighted by Crippen LogP contribution is -1.83. The molecule has 0 N–H and O–H groups in total. The fourth-order valence-corrected chi connectivity index (χ4v) is 1.96. The zero-order valence-electron chi connectivity index (χ0n) is 9.33. The van der Waals surface area contributed by atoms with Crippen LogP contribution in [0, 0.1) is 0 Å². The minimum Gasteiger partial charge on any atom is -0.468 e. The lowest BCUT2D eigenvalue weighted by molar-refractivity contribution is 0.500. The van der Waals surface area contributed by atoms with Crippen molar-refractivity contribution in [1.29, 1.82) is 0 Å². The van der Waals surface area contributed by atoms with Gasteiger partial charge in [0.1, 0.15) is 5.76 Å². The maximum atomic E-state index is 5.60. The Labute approximate surface area is 91.1 Å². The number of fused-ring (bicyclic) bond motifs is 1. The number of rotatable bonds is 5. The smallest absolute Gasteiger partial charge is 0.111 e. The van der Waals surface area contributed by atoms with Crippen molar-refractivity contribution in [2.24, 2.45) is 0 Å². The van der Waals surface area contributed by atoms with Gasteiger partial charge >= 0.3 is 0 Å². The summed E-state index contributed by atoms with van der Waals surface area (Å²) in [5.74, 6) is 1.15. The van der Waals surface area contributed by atoms with E-state index in [1.807, 2.05) is 6.26 Å². The average molecular weight is 202 g/mol. The molecule has 0 amide bonds. The number of hydrogen-bond donors (Lipinski definition) is 0. The van der Waals surface area contributed by atoms with Crippen LogP contribution in [-0.2, 0) is 6.42 Å². The Bertz CT molecular complexity index is 414. The molecule has 2 aromatic rings. The van der Waals surface area contributed by atoms with Gasteiger partial charge in [0.15, 0.2) is 0 Å². The van der Waals surface area contributed by atoms with Gasteiger partial charge in [-0.15, -0.1) is 0 Å². The maximum Gasteiger partial charge on any atom is 0.111 e. The molecular weight excluding hydrogens is 184 g/mol. The molecule has 0 saturated heterocycles. The molecule has 2 rings (SSSR count). The van der Waals surface area contributed by atoms with E-state index in [4.69, 9.17) is 4.42 Å². The Kier molecular flexibility index (Phi) is 3.44. The fourth-order valence-electron chi connectivity index (χ4n) is 1.96. The van der Waals surface area contributed by atoms with E-state index in [0.29, 0.717) is 0 Å². The highest BCUT2D eigenvalue weighted by molar-refractivity contribution is 5.83. The second-order valence-electron chi connectivity index (χ2n) is 4.06. The van der Waals surface area contributed by atoms with E-state index in [-0.39, 0.29) is 0 Å². The monoisotopic (exact) mass is 202 g/mol. The lowest BCUT2D eigenvalue weighted by Gasteiger charge is -1.97. The molecule has 0 bridgehead atoms. The summed E-state index contributed by atoms with van der Waals surface area (Å²) in [6, 6.07) is 8.38. The zero-order chi connectivity index (χ0) is 10.5. The van der Waals surface area contributed by atoms with Gasteiger partial charge in [0.2, 0.25) is 0 Å². The van der Waals surface area contributed by atoms with Crippen molar-refractivity contribution < 1.29 is 4.42 Å². The fraction of sp³-hybridized carbons (Fsp3) is 0.429. The van der Waals surface area contributed by atoms with E-state index in [1.165, 1.54) is 36.5 Å². The number of hydrogen-bond acceptors (Lipinski definition) is 1. The number of unbranched alkanes of at least 4 members (excludes halogenated alkanes) is 3. The van der Waals surface area contributed by atoms with E-state index in [9.17, 15) is 0 Å². The van der Waals surface area contributed by atoms with Gasteiger partial charge in [0.05, 0.1) is 6.26 Å². The van der Waals surface area contributed by atoms with Crippen LogP contribution in [0.2, 0.25) is 0 Å². The van der Waals surface area contributed by atoms with Crippen LogP contribution in [0.1, 0.15) is 38.4 Å². The highest BCUT2D eigenvalue weighted by Crippen LogP contribution is 2.22. The van der Waals surface area contributed by atoms with Crippen LogP contribution in [0.5, 0.6) is 0 Å². The molecule has 80 valence electrons. The van der Waals surface area contributed by atoms with Gasteiger partial charge in [-0.25, -0.2) is 0 Å². The highest BCUT2D eigenvalue weighted by Gasteiger charge is 2.04. The molecule has 0 saturated carbocycles. The molecule has 15 heavy (non-hydrogen) atoms. The molecule has 1 heteroatoms. The highest BCUT2D eigenvalue weighted by atomic mass is 16.3. The average Bonchev–Trinajstić information content (AvgIpc) is 2.68. The molecule has 0 atom stereocenters. The molecule has 0 unspecified atom stereocenters. The van der Waals surface area contributed by atoms with Crippen LogP contribution in [0.25, 0.3) is 10.8 Å². The first-order valence-corrected chi connectivity index (χ1v) is 5.87. The molecule has 0 aliphatic heterocycles. The van der Waals surface area contributed by atoms with Crippen molar-refractivity contribution in [3.63, 3.8) is 0 Å². The minimum absolute atomic E-state index is 1.08. The lowest BCUT2D eigenvalue weighted by atomic mass is 10.1. The molecule has 0 aliphatic carbocycles. The molecule has 1 aromatic carbocycles. The van der Waals surface area contributed by atoms with Gasteiger partial charge in [0.25, 0.3) is 0 Å². The first-order valence-electron chi connectivity index (χ1n) is 5.87. The van der Waals surface area contributed by atoms with Crippen LogP contribution in [0.4, 0.5) is 0 Å². The van der Waals surface area contributed by atoms with Gasteiger partial charge in [0, 0.05) is 17.2 Å². The van der Waals surface area contributed by atoms with Crippen molar-refractivity contribution in [2.75, 3.05) is 0 Å². The Morgan fingerprint density at radius 1 is 1.07 bits per heavy atom. The predicted octanol–water partition coefficient (Wildman–Crippen LogP) is 4.56. The molecule has 1 heterocycles. The summed E-state index contributed by atoms with van der Waals surface area (Å²) in [6.07, 6.45) is 8.12. The molecular formula is C14H18O. The van der Waals surface area contributed by atoms with Gasteiger partial charge in [-0.3, -0.25) is 0 Å². The SMILES string of the molecule is CCCCCCc1occ2ccccc12. The second-order valence-corrected chi connectivity index (χ2v) is 4.06. The first kappa shape index (κ1) is 10.3. The Hall–Kier alpha value is -1.24. The third-order valence-corrected chi connectivity index (χ3v) is 2.85. The zero-order valence-corrected chi connectivity index (χ0v) is 9.33. The maximum absolute atomic E-state index is 5.60. The van der Waals surface area contributed by atoms with Crippen molar-refractivity contribution in [1.82, 2.24) is 0 Å². The van der Waals surface area contributed by atoms with Crippen molar-refractivity contribution in [3.05, 3.63) is 36.3 Å². The number of furan rings is 1. The van der Waals surface area contributed by atoms with Crippen LogP contribution in [0.15, 0.2) is 34.9 Å². The predicted molar refractivity (Wildman–Crippen MR) is 64.1 cm³/mol. The van der Waals surface area contributed by atoms with E-state index in [0.717, 1.165) is 12.2 Å². The largest absolute Gasteiger partial charge is 0.468 e. The third-order valence-electron chi connectivity index (χ3n) is 2.85. The number of aryl methyl sites for hydroxylation is 1. The van der Waals surface area contributed by atoms with Gasteiger partial charge in [-0.05, 0) is 6.42 Å². The summed E-state index contributed by atoms with van der Waals surface area (Å²) in [5.41, 5.74) is 0. The summed E-state index contributed by atoms with van der Waals surface area (Å²) in [6.45, 7) is 2.24. The standard InChI is InChI=1S/C14H18O/c1-2-3-4-5-10-14-13-9-7-6-8-12(13)11-15-14/h6-9,11H,2-5,10H2,1H3. The molecule has 1 nitrogen and oxygen atoms in total. The van der Waals surface area contributed by atoms with Crippen molar-refractivity contribution in [2.45, 2.75) is 39.0 Å². The van der Waals surface area contributed by atoms with Gasteiger partial charge in [-0.1, -0.05) is 50.5 Å². The molecule has 1 aromatic heterocycles. The van der Waals surface area contributed by atoms with Gasteiger partial charge in [-0.2, -0.15) is 0 Å².